The van der Waals surface area contributed by atoms with Gasteiger partial charge in [0.25, 0.3) is 5.91 Å². The highest BCUT2D eigenvalue weighted by atomic mass is 19.4. The number of hydrogen-bond acceptors (Lipinski definition) is 5. The number of ether oxygens (including phenoxy) is 2. The van der Waals surface area contributed by atoms with Gasteiger partial charge in [0.1, 0.15) is 0 Å². The molecule has 1 aromatic rings. The Labute approximate surface area is 134 Å². The van der Waals surface area contributed by atoms with Crippen LogP contribution in [0.1, 0.15) is 23.2 Å². The van der Waals surface area contributed by atoms with E-state index in [1.54, 1.807) is 0 Å². The molecule has 0 bridgehead atoms. The highest BCUT2D eigenvalue weighted by Crippen LogP contribution is 2.23. The van der Waals surface area contributed by atoms with Crippen LogP contribution >= 0.6 is 0 Å². The van der Waals surface area contributed by atoms with Crippen LogP contribution in [0.5, 0.6) is 5.88 Å². The van der Waals surface area contributed by atoms with Gasteiger partial charge in [-0.1, -0.05) is 0 Å². The highest BCUT2D eigenvalue weighted by Gasteiger charge is 2.38. The van der Waals surface area contributed by atoms with Gasteiger partial charge in [-0.2, -0.15) is 13.2 Å². The van der Waals surface area contributed by atoms with Gasteiger partial charge in [-0.05, 0) is 12.5 Å². The molecule has 1 atom stereocenters. The average Bonchev–Trinajstić information content (AvgIpc) is 2.92. The normalized spacial score (nSPS) is 20.6. The number of carbonyl (C=O) groups is 2. The number of aromatic nitrogens is 1. The van der Waals surface area contributed by atoms with Crippen LogP contribution in [-0.2, 0) is 9.53 Å². The van der Waals surface area contributed by atoms with Gasteiger partial charge in [-0.15, -0.1) is 0 Å². The third kappa shape index (κ3) is 5.08. The number of rotatable bonds is 6. The second kappa shape index (κ2) is 7.04. The maximum atomic E-state index is 12.2. The van der Waals surface area contributed by atoms with E-state index in [1.807, 2.05) is 0 Å². The van der Waals surface area contributed by atoms with Crippen molar-refractivity contribution in [3.05, 3.63) is 23.9 Å². The lowest BCUT2D eigenvalue weighted by Gasteiger charge is -2.26. The van der Waals surface area contributed by atoms with E-state index >= 15 is 0 Å². The van der Waals surface area contributed by atoms with Crippen LogP contribution in [-0.4, -0.2) is 53.5 Å². The summed E-state index contributed by atoms with van der Waals surface area (Å²) in [5.74, 6) is -1.93. The maximum absolute atomic E-state index is 12.2. The predicted molar refractivity (Wildman–Crippen MR) is 73.7 cm³/mol. The molecular weight excluding hydrogens is 333 g/mol. The number of nitrogens with one attached hydrogen (secondary N) is 1. The quantitative estimate of drug-likeness (QED) is 0.806. The molecule has 0 spiro atoms. The topological polar surface area (TPSA) is 97.8 Å². The van der Waals surface area contributed by atoms with Gasteiger partial charge in [0.15, 0.2) is 6.61 Å². The lowest BCUT2D eigenvalue weighted by molar-refractivity contribution is -0.154. The molecule has 1 aliphatic heterocycles. The van der Waals surface area contributed by atoms with E-state index in [0.29, 0.717) is 13.0 Å². The summed E-state index contributed by atoms with van der Waals surface area (Å²) >= 11 is 0. The predicted octanol–water partition coefficient (Wildman–Crippen LogP) is 1.39. The van der Waals surface area contributed by atoms with Gasteiger partial charge >= 0.3 is 12.1 Å². The Balaban J connectivity index is 2.00. The Hall–Kier alpha value is -2.36. The molecule has 10 heteroatoms. The third-order valence-electron chi connectivity index (χ3n) is 3.35. The molecule has 1 saturated heterocycles. The number of halogens is 3. The zero-order valence-electron chi connectivity index (χ0n) is 12.4. The Morgan fingerprint density at radius 2 is 2.17 bits per heavy atom. The molecule has 2 N–H and O–H groups in total. The fourth-order valence-corrected chi connectivity index (χ4v) is 2.25. The summed E-state index contributed by atoms with van der Waals surface area (Å²) in [6, 6.07) is 2.38. The van der Waals surface area contributed by atoms with Crippen LogP contribution in [0.4, 0.5) is 13.2 Å². The highest BCUT2D eigenvalue weighted by molar-refractivity contribution is 5.94. The number of alkyl halides is 3. The van der Waals surface area contributed by atoms with Crippen molar-refractivity contribution in [1.29, 1.82) is 0 Å². The van der Waals surface area contributed by atoms with E-state index < -0.39 is 30.2 Å². The fraction of sp³-hybridized carbons (Fsp3) is 0.500. The molecule has 2 heterocycles. The van der Waals surface area contributed by atoms with Crippen molar-refractivity contribution < 1.29 is 37.3 Å². The van der Waals surface area contributed by atoms with Crippen molar-refractivity contribution >= 4 is 11.9 Å². The summed E-state index contributed by atoms with van der Waals surface area (Å²) in [6.45, 7) is -1.08. The fourth-order valence-electron chi connectivity index (χ4n) is 2.25. The lowest BCUT2D eigenvalue weighted by atomic mass is 9.94. The monoisotopic (exact) mass is 348 g/mol. The lowest BCUT2D eigenvalue weighted by Crippen LogP contribution is -2.50. The summed E-state index contributed by atoms with van der Waals surface area (Å²) in [5, 5.41) is 11.6. The number of carboxylic acid groups (broad SMARTS) is 1. The first-order valence-corrected chi connectivity index (χ1v) is 6.97. The van der Waals surface area contributed by atoms with Gasteiger partial charge in [0, 0.05) is 18.9 Å². The van der Waals surface area contributed by atoms with Crippen molar-refractivity contribution in [2.75, 3.05) is 19.8 Å². The van der Waals surface area contributed by atoms with Crippen LogP contribution in [0.3, 0.4) is 0 Å². The zero-order chi connectivity index (χ0) is 17.8. The van der Waals surface area contributed by atoms with E-state index in [1.165, 1.54) is 6.07 Å². The smallest absolute Gasteiger partial charge is 0.422 e. The number of carbonyl (C=O) groups excluding carboxylic acids is 1. The SMILES string of the molecule is O=C(O)CC1(NC(=O)c2ccc(OCC(F)(F)F)nc2)CCOC1. The Morgan fingerprint density at radius 3 is 2.67 bits per heavy atom. The summed E-state index contributed by atoms with van der Waals surface area (Å²) in [5.41, 5.74) is -0.931. The molecule has 0 aromatic carbocycles. The molecule has 132 valence electrons. The van der Waals surface area contributed by atoms with Crippen LogP contribution in [0.15, 0.2) is 18.3 Å². The zero-order valence-corrected chi connectivity index (χ0v) is 12.4. The minimum atomic E-state index is -4.48. The van der Waals surface area contributed by atoms with Gasteiger partial charge in [-0.25, -0.2) is 4.98 Å². The number of pyridine rings is 1. The largest absolute Gasteiger partial charge is 0.481 e. The standard InChI is InChI=1S/C14H15F3N2O5/c15-14(16,17)8-24-10-2-1-9(6-18-10)12(22)19-13(5-11(20)21)3-4-23-7-13/h1-2,6H,3-5,7-8H2,(H,19,22)(H,20,21). The molecule has 1 aromatic heterocycles. The van der Waals surface area contributed by atoms with Crippen LogP contribution < -0.4 is 10.1 Å². The molecule has 0 saturated carbocycles. The van der Waals surface area contributed by atoms with Crippen molar-refractivity contribution in [1.82, 2.24) is 10.3 Å². The van der Waals surface area contributed by atoms with Gasteiger partial charge in [0.2, 0.25) is 5.88 Å². The minimum Gasteiger partial charge on any atom is -0.481 e. The maximum Gasteiger partial charge on any atom is 0.422 e. The molecule has 1 fully saturated rings. The average molecular weight is 348 g/mol. The summed E-state index contributed by atoms with van der Waals surface area (Å²) < 4.78 is 45.7. The first kappa shape index (κ1) is 18.0. The summed E-state index contributed by atoms with van der Waals surface area (Å²) in [6.07, 6.45) is -3.36. The van der Waals surface area contributed by atoms with Gasteiger partial charge in [-0.3, -0.25) is 9.59 Å². The number of aliphatic carboxylic acids is 1. The second-order valence-electron chi connectivity index (χ2n) is 5.40. The van der Waals surface area contributed by atoms with E-state index in [9.17, 15) is 22.8 Å². The second-order valence-corrected chi connectivity index (χ2v) is 5.40. The van der Waals surface area contributed by atoms with Gasteiger partial charge in [0.05, 0.1) is 24.1 Å². The number of nitrogens with zero attached hydrogens (tertiary/aromatic N) is 1. The molecular formula is C14H15F3N2O5. The van der Waals surface area contributed by atoms with Gasteiger partial charge < -0.3 is 19.9 Å². The minimum absolute atomic E-state index is 0.0746. The molecule has 24 heavy (non-hydrogen) atoms. The first-order valence-electron chi connectivity index (χ1n) is 6.97. The van der Waals surface area contributed by atoms with E-state index in [-0.39, 0.29) is 24.5 Å². The molecule has 1 unspecified atom stereocenters. The number of carboxylic acids is 1. The van der Waals surface area contributed by atoms with Crippen molar-refractivity contribution in [2.24, 2.45) is 0 Å². The molecule has 7 nitrogen and oxygen atoms in total. The van der Waals surface area contributed by atoms with Crippen LogP contribution in [0, 0.1) is 0 Å². The van der Waals surface area contributed by atoms with Crippen LogP contribution in [0.2, 0.25) is 0 Å². The van der Waals surface area contributed by atoms with E-state index in [2.05, 4.69) is 15.0 Å². The first-order chi connectivity index (χ1) is 11.2. The third-order valence-corrected chi connectivity index (χ3v) is 3.35. The van der Waals surface area contributed by atoms with Crippen molar-refractivity contribution in [3.8, 4) is 5.88 Å². The molecule has 0 aliphatic carbocycles. The number of hydrogen-bond donors (Lipinski definition) is 2. The Kier molecular flexibility index (Phi) is 5.27. The van der Waals surface area contributed by atoms with Crippen molar-refractivity contribution in [3.63, 3.8) is 0 Å². The molecule has 2 rings (SSSR count). The molecule has 1 amide bonds. The van der Waals surface area contributed by atoms with Crippen LogP contribution in [0.25, 0.3) is 0 Å². The summed E-state index contributed by atoms with van der Waals surface area (Å²) in [7, 11) is 0. The van der Waals surface area contributed by atoms with Crippen molar-refractivity contribution in [2.45, 2.75) is 24.6 Å². The Bertz CT molecular complexity index is 597. The molecule has 1 aliphatic rings. The number of amides is 1. The summed E-state index contributed by atoms with van der Waals surface area (Å²) in [4.78, 5) is 26.8. The van der Waals surface area contributed by atoms with E-state index in [0.717, 1.165) is 12.3 Å². The van der Waals surface area contributed by atoms with E-state index in [4.69, 9.17) is 9.84 Å². The Morgan fingerprint density at radius 1 is 1.42 bits per heavy atom. The molecule has 0 radical (unpaired) electrons.